The fourth-order valence-electron chi connectivity index (χ4n) is 3.23. The van der Waals surface area contributed by atoms with Crippen molar-refractivity contribution in [3.63, 3.8) is 0 Å². The summed E-state index contributed by atoms with van der Waals surface area (Å²) in [6, 6.07) is 10.5. The maximum Gasteiger partial charge on any atom is 0.270 e. The Kier molecular flexibility index (Phi) is 6.40. The van der Waals surface area contributed by atoms with Crippen molar-refractivity contribution in [2.45, 2.75) is 26.9 Å². The first-order valence-electron chi connectivity index (χ1n) is 9.79. The molecule has 1 aliphatic heterocycles. The van der Waals surface area contributed by atoms with Crippen LogP contribution in [0.3, 0.4) is 0 Å². The van der Waals surface area contributed by atoms with E-state index in [1.54, 1.807) is 6.92 Å². The van der Waals surface area contributed by atoms with E-state index in [9.17, 15) is 22.8 Å². The molecule has 1 aromatic carbocycles. The first kappa shape index (κ1) is 21.8. The molecule has 2 aromatic rings. The molecule has 8 nitrogen and oxygen atoms in total. The number of hydrogen-bond acceptors (Lipinski definition) is 5. The number of aryl methyl sites for hydroxylation is 1. The lowest BCUT2D eigenvalue weighted by molar-refractivity contribution is 0.0710. The van der Waals surface area contributed by atoms with Gasteiger partial charge in [-0.25, -0.2) is 8.42 Å². The van der Waals surface area contributed by atoms with Crippen LogP contribution in [0, 0.1) is 6.92 Å². The first-order valence-corrected chi connectivity index (χ1v) is 11.6. The summed E-state index contributed by atoms with van der Waals surface area (Å²) >= 11 is 0. The van der Waals surface area contributed by atoms with Crippen LogP contribution in [0.4, 0.5) is 0 Å². The number of nitrogens with one attached hydrogen (secondary N) is 1. The molecule has 0 unspecified atom stereocenters. The number of sulfone groups is 1. The summed E-state index contributed by atoms with van der Waals surface area (Å²) in [5.41, 5.74) is 1.64. The molecule has 160 valence electrons. The summed E-state index contributed by atoms with van der Waals surface area (Å²) < 4.78 is 24.7. The maximum absolute atomic E-state index is 12.8. The third kappa shape index (κ3) is 4.79. The Hall–Kier alpha value is -2.94. The van der Waals surface area contributed by atoms with E-state index < -0.39 is 27.2 Å². The van der Waals surface area contributed by atoms with Crippen molar-refractivity contribution in [2.75, 3.05) is 24.6 Å². The molecular formula is C21H25N3O5S. The molecule has 2 heterocycles. The summed E-state index contributed by atoms with van der Waals surface area (Å²) in [4.78, 5) is 39.4. The zero-order valence-electron chi connectivity index (χ0n) is 17.1. The monoisotopic (exact) mass is 431 g/mol. The van der Waals surface area contributed by atoms with E-state index >= 15 is 0 Å². The van der Waals surface area contributed by atoms with Crippen LogP contribution >= 0.6 is 0 Å². The lowest BCUT2D eigenvalue weighted by Gasteiger charge is -2.29. The predicted molar refractivity (Wildman–Crippen MR) is 113 cm³/mol. The molecule has 0 aliphatic carbocycles. The Balaban J connectivity index is 1.72. The average molecular weight is 432 g/mol. The second-order valence-electron chi connectivity index (χ2n) is 7.29. The average Bonchev–Trinajstić information content (AvgIpc) is 2.73. The molecule has 0 saturated heterocycles. The quantitative estimate of drug-likeness (QED) is 0.703. The molecule has 2 amide bonds. The van der Waals surface area contributed by atoms with Crippen molar-refractivity contribution < 1.29 is 18.0 Å². The number of carbonyl (C=O) groups is 2. The highest BCUT2D eigenvalue weighted by Gasteiger charge is 2.27. The van der Waals surface area contributed by atoms with Gasteiger partial charge in [0.2, 0.25) is 0 Å². The van der Waals surface area contributed by atoms with Gasteiger partial charge in [0.15, 0.2) is 9.84 Å². The smallest absolute Gasteiger partial charge is 0.270 e. The van der Waals surface area contributed by atoms with Crippen LogP contribution in [0.5, 0.6) is 0 Å². The van der Waals surface area contributed by atoms with E-state index in [-0.39, 0.29) is 42.4 Å². The van der Waals surface area contributed by atoms with Crippen molar-refractivity contribution in [2.24, 2.45) is 0 Å². The summed E-state index contributed by atoms with van der Waals surface area (Å²) in [6.45, 7) is 4.35. The van der Waals surface area contributed by atoms with Crippen LogP contribution in [0.1, 0.15) is 38.9 Å². The summed E-state index contributed by atoms with van der Waals surface area (Å²) in [7, 11) is -3.19. The van der Waals surface area contributed by atoms with Gasteiger partial charge < -0.3 is 14.8 Å². The van der Waals surface area contributed by atoms with Gasteiger partial charge in [-0.05, 0) is 24.6 Å². The van der Waals surface area contributed by atoms with E-state index in [2.05, 4.69) is 5.32 Å². The van der Waals surface area contributed by atoms with E-state index in [1.165, 1.54) is 21.6 Å². The SMILES string of the molecule is CCS(=O)(=O)CCN1CCn2c(ccc(C(=O)NCc3ccc(C)cc3)c2=O)C1=O. The number of rotatable bonds is 7. The molecule has 0 saturated carbocycles. The van der Waals surface area contributed by atoms with Gasteiger partial charge in [-0.3, -0.25) is 14.4 Å². The molecular weight excluding hydrogens is 406 g/mol. The van der Waals surface area contributed by atoms with Crippen LogP contribution in [-0.2, 0) is 22.9 Å². The Morgan fingerprint density at radius 2 is 1.77 bits per heavy atom. The van der Waals surface area contributed by atoms with Gasteiger partial charge >= 0.3 is 0 Å². The van der Waals surface area contributed by atoms with Crippen molar-refractivity contribution in [1.82, 2.24) is 14.8 Å². The van der Waals surface area contributed by atoms with Crippen LogP contribution in [0.25, 0.3) is 0 Å². The number of carbonyl (C=O) groups excluding carboxylic acids is 2. The van der Waals surface area contributed by atoms with Crippen LogP contribution in [0.2, 0.25) is 0 Å². The Labute approximate surface area is 175 Å². The molecule has 30 heavy (non-hydrogen) atoms. The van der Waals surface area contributed by atoms with Gasteiger partial charge in [0.25, 0.3) is 17.4 Å². The van der Waals surface area contributed by atoms with E-state index in [0.29, 0.717) is 6.54 Å². The third-order valence-electron chi connectivity index (χ3n) is 5.20. The predicted octanol–water partition coefficient (Wildman–Crippen LogP) is 0.977. The maximum atomic E-state index is 12.8. The Morgan fingerprint density at radius 1 is 1.07 bits per heavy atom. The molecule has 1 N–H and O–H groups in total. The van der Waals surface area contributed by atoms with Crippen LogP contribution < -0.4 is 10.9 Å². The molecule has 0 fully saturated rings. The lowest BCUT2D eigenvalue weighted by atomic mass is 10.1. The standard InChI is InChI=1S/C21H25N3O5S/c1-3-30(28,29)13-12-23-10-11-24-18(21(23)27)9-8-17(20(24)26)19(25)22-14-16-6-4-15(2)5-7-16/h4-9H,3,10-14H2,1-2H3,(H,22,25). The lowest BCUT2D eigenvalue weighted by Crippen LogP contribution is -2.47. The van der Waals surface area contributed by atoms with E-state index in [4.69, 9.17) is 0 Å². The van der Waals surface area contributed by atoms with Crippen molar-refractivity contribution in [1.29, 1.82) is 0 Å². The third-order valence-corrected chi connectivity index (χ3v) is 6.89. The number of nitrogens with zero attached hydrogens (tertiary/aromatic N) is 2. The zero-order valence-corrected chi connectivity index (χ0v) is 17.9. The second-order valence-corrected chi connectivity index (χ2v) is 9.76. The van der Waals surface area contributed by atoms with E-state index in [1.807, 2.05) is 31.2 Å². The largest absolute Gasteiger partial charge is 0.348 e. The van der Waals surface area contributed by atoms with Crippen molar-refractivity contribution >= 4 is 21.7 Å². The summed E-state index contributed by atoms with van der Waals surface area (Å²) in [6.07, 6.45) is 0. The first-order chi connectivity index (χ1) is 14.2. The van der Waals surface area contributed by atoms with Crippen LogP contribution in [-0.4, -0.2) is 54.3 Å². The normalized spacial score (nSPS) is 13.8. The minimum absolute atomic E-state index is 0.0200. The topological polar surface area (TPSA) is 106 Å². The van der Waals surface area contributed by atoms with Gasteiger partial charge in [-0.2, -0.15) is 0 Å². The molecule has 0 bridgehead atoms. The molecule has 0 atom stereocenters. The molecule has 0 spiro atoms. The number of fused-ring (bicyclic) bond motifs is 1. The molecule has 1 aromatic heterocycles. The molecule has 3 rings (SSSR count). The molecule has 9 heteroatoms. The molecule has 1 aliphatic rings. The number of hydrogen-bond donors (Lipinski definition) is 1. The fourth-order valence-corrected chi connectivity index (χ4v) is 4.02. The van der Waals surface area contributed by atoms with Gasteiger partial charge in [-0.15, -0.1) is 0 Å². The highest BCUT2D eigenvalue weighted by Crippen LogP contribution is 2.12. The van der Waals surface area contributed by atoms with Gasteiger partial charge in [0, 0.05) is 31.9 Å². The summed E-state index contributed by atoms with van der Waals surface area (Å²) in [5.74, 6) is -0.999. The van der Waals surface area contributed by atoms with Gasteiger partial charge in [-0.1, -0.05) is 36.8 Å². The highest BCUT2D eigenvalue weighted by molar-refractivity contribution is 7.91. The Morgan fingerprint density at radius 3 is 2.43 bits per heavy atom. The second kappa shape index (κ2) is 8.83. The minimum Gasteiger partial charge on any atom is -0.348 e. The van der Waals surface area contributed by atoms with Crippen molar-refractivity contribution in [3.8, 4) is 0 Å². The number of benzene rings is 1. The van der Waals surface area contributed by atoms with Crippen LogP contribution in [0.15, 0.2) is 41.2 Å². The number of aromatic nitrogens is 1. The minimum atomic E-state index is -3.19. The zero-order chi connectivity index (χ0) is 21.9. The van der Waals surface area contributed by atoms with Gasteiger partial charge in [0.1, 0.15) is 11.3 Å². The number of amides is 2. The summed E-state index contributed by atoms with van der Waals surface area (Å²) in [5, 5.41) is 2.73. The van der Waals surface area contributed by atoms with E-state index in [0.717, 1.165) is 11.1 Å². The highest BCUT2D eigenvalue weighted by atomic mass is 32.2. The van der Waals surface area contributed by atoms with Crippen molar-refractivity contribution in [3.05, 3.63) is 69.1 Å². The number of pyridine rings is 1. The molecule has 0 radical (unpaired) electrons. The Bertz CT molecular complexity index is 1120. The van der Waals surface area contributed by atoms with Gasteiger partial charge in [0.05, 0.1) is 5.75 Å². The fraction of sp³-hybridized carbons (Fsp3) is 0.381.